The number of carboxylic acid groups (broad SMARTS) is 1. The van der Waals surface area contributed by atoms with Crippen molar-refractivity contribution < 1.29 is 9.90 Å². The Kier molecular flexibility index (Phi) is 3.49. The molecule has 1 N–H and O–H groups in total. The van der Waals surface area contributed by atoms with E-state index in [1.807, 2.05) is 0 Å². The SMILES string of the molecule is O=C(O)c1cc(-c2cccnc2)nc2c(Cl)ccc(Cl)c12. The number of fused-ring (bicyclic) bond motifs is 1. The van der Waals surface area contributed by atoms with E-state index in [1.54, 1.807) is 36.7 Å². The van der Waals surface area contributed by atoms with Gasteiger partial charge in [-0.3, -0.25) is 4.98 Å². The second-order valence-electron chi connectivity index (χ2n) is 4.35. The lowest BCUT2D eigenvalue weighted by Crippen LogP contribution is -2.01. The lowest BCUT2D eigenvalue weighted by Gasteiger charge is -2.09. The molecule has 0 saturated carbocycles. The first-order valence-electron chi connectivity index (χ1n) is 6.00. The number of pyridine rings is 2. The third-order valence-corrected chi connectivity index (χ3v) is 3.67. The van der Waals surface area contributed by atoms with Gasteiger partial charge in [0, 0.05) is 23.3 Å². The normalized spacial score (nSPS) is 10.8. The molecule has 2 heterocycles. The molecule has 0 aliphatic carbocycles. The minimum atomic E-state index is -1.09. The Hall–Kier alpha value is -2.17. The van der Waals surface area contributed by atoms with Crippen molar-refractivity contribution in [2.75, 3.05) is 0 Å². The van der Waals surface area contributed by atoms with E-state index in [-0.39, 0.29) is 5.56 Å². The quantitative estimate of drug-likeness (QED) is 0.765. The minimum absolute atomic E-state index is 0.0614. The number of carboxylic acids is 1. The van der Waals surface area contributed by atoms with E-state index in [0.717, 1.165) is 0 Å². The van der Waals surface area contributed by atoms with E-state index in [0.29, 0.717) is 32.2 Å². The summed E-state index contributed by atoms with van der Waals surface area (Å²) in [6, 6.07) is 8.18. The molecule has 3 rings (SSSR count). The predicted octanol–water partition coefficient (Wildman–Crippen LogP) is 4.30. The average molecular weight is 319 g/mol. The summed E-state index contributed by atoms with van der Waals surface area (Å²) in [4.78, 5) is 20.0. The summed E-state index contributed by atoms with van der Waals surface area (Å²) in [5.41, 5.74) is 1.62. The largest absolute Gasteiger partial charge is 0.478 e. The first-order valence-corrected chi connectivity index (χ1v) is 6.76. The van der Waals surface area contributed by atoms with Crippen molar-refractivity contribution in [1.29, 1.82) is 0 Å². The number of nitrogens with zero attached hydrogens (tertiary/aromatic N) is 2. The van der Waals surface area contributed by atoms with E-state index in [9.17, 15) is 9.90 Å². The zero-order valence-corrected chi connectivity index (χ0v) is 12.1. The van der Waals surface area contributed by atoms with Crippen LogP contribution in [0, 0.1) is 0 Å². The summed E-state index contributed by atoms with van der Waals surface area (Å²) in [7, 11) is 0. The van der Waals surface area contributed by atoms with Gasteiger partial charge in [-0.15, -0.1) is 0 Å². The molecule has 0 fully saturated rings. The highest BCUT2D eigenvalue weighted by atomic mass is 35.5. The molecule has 0 aliphatic rings. The van der Waals surface area contributed by atoms with Crippen LogP contribution >= 0.6 is 23.2 Å². The van der Waals surface area contributed by atoms with Gasteiger partial charge in [0.2, 0.25) is 0 Å². The van der Waals surface area contributed by atoms with Gasteiger partial charge in [0.25, 0.3) is 0 Å². The maximum atomic E-state index is 11.5. The monoisotopic (exact) mass is 318 g/mol. The van der Waals surface area contributed by atoms with Gasteiger partial charge in [-0.25, -0.2) is 9.78 Å². The van der Waals surface area contributed by atoms with Gasteiger partial charge in [-0.1, -0.05) is 23.2 Å². The molecule has 6 heteroatoms. The Bertz CT molecular complexity index is 851. The second-order valence-corrected chi connectivity index (χ2v) is 5.17. The van der Waals surface area contributed by atoms with Crippen LogP contribution < -0.4 is 0 Å². The van der Waals surface area contributed by atoms with Crippen molar-refractivity contribution in [2.45, 2.75) is 0 Å². The molecule has 3 aromatic rings. The van der Waals surface area contributed by atoms with Gasteiger partial charge < -0.3 is 5.11 Å². The molecule has 4 nitrogen and oxygen atoms in total. The van der Waals surface area contributed by atoms with E-state index in [4.69, 9.17) is 23.2 Å². The lowest BCUT2D eigenvalue weighted by atomic mass is 10.0. The summed E-state index contributed by atoms with van der Waals surface area (Å²) >= 11 is 12.2. The number of aromatic carboxylic acids is 1. The highest BCUT2D eigenvalue weighted by Gasteiger charge is 2.17. The van der Waals surface area contributed by atoms with E-state index < -0.39 is 5.97 Å². The highest BCUT2D eigenvalue weighted by molar-refractivity contribution is 6.41. The molecular formula is C15H8Cl2N2O2. The first kappa shape index (κ1) is 13.8. The number of hydrogen-bond acceptors (Lipinski definition) is 3. The standard InChI is InChI=1S/C15H8Cl2N2O2/c16-10-3-4-11(17)14-13(10)9(15(20)21)6-12(19-14)8-2-1-5-18-7-8/h1-7H,(H,20,21). The maximum Gasteiger partial charge on any atom is 0.336 e. The maximum absolute atomic E-state index is 11.5. The van der Waals surface area contributed by atoms with E-state index in [1.165, 1.54) is 6.07 Å². The number of hydrogen-bond donors (Lipinski definition) is 1. The summed E-state index contributed by atoms with van der Waals surface area (Å²) in [5.74, 6) is -1.09. The van der Waals surface area contributed by atoms with Gasteiger partial charge in [0.05, 0.1) is 26.8 Å². The third-order valence-electron chi connectivity index (χ3n) is 3.05. The van der Waals surface area contributed by atoms with Crippen LogP contribution in [-0.4, -0.2) is 21.0 Å². The van der Waals surface area contributed by atoms with E-state index in [2.05, 4.69) is 9.97 Å². The molecule has 0 radical (unpaired) electrons. The van der Waals surface area contributed by atoms with Crippen LogP contribution in [0.5, 0.6) is 0 Å². The fourth-order valence-corrected chi connectivity index (χ4v) is 2.55. The number of benzene rings is 1. The Morgan fingerprint density at radius 1 is 1.14 bits per heavy atom. The second kappa shape index (κ2) is 5.31. The zero-order chi connectivity index (χ0) is 15.0. The Balaban J connectivity index is 2.41. The van der Waals surface area contributed by atoms with Crippen molar-refractivity contribution >= 4 is 40.1 Å². The third kappa shape index (κ3) is 2.44. The molecule has 0 atom stereocenters. The lowest BCUT2D eigenvalue weighted by molar-refractivity contribution is 0.0699. The van der Waals surface area contributed by atoms with Crippen molar-refractivity contribution in [1.82, 2.24) is 9.97 Å². The van der Waals surface area contributed by atoms with Crippen LogP contribution in [-0.2, 0) is 0 Å². The minimum Gasteiger partial charge on any atom is -0.478 e. The fourth-order valence-electron chi connectivity index (χ4n) is 2.10. The molecule has 0 amide bonds. The Morgan fingerprint density at radius 3 is 2.57 bits per heavy atom. The van der Waals surface area contributed by atoms with Gasteiger partial charge in [0.1, 0.15) is 0 Å². The van der Waals surface area contributed by atoms with Crippen LogP contribution in [0.15, 0.2) is 42.7 Å². The molecule has 0 aliphatic heterocycles. The highest BCUT2D eigenvalue weighted by Crippen LogP contribution is 2.33. The molecule has 0 unspecified atom stereocenters. The van der Waals surface area contributed by atoms with Crippen LogP contribution in [0.1, 0.15) is 10.4 Å². The first-order chi connectivity index (χ1) is 10.1. The van der Waals surface area contributed by atoms with Crippen molar-refractivity contribution in [3.8, 4) is 11.3 Å². The van der Waals surface area contributed by atoms with Crippen molar-refractivity contribution in [2.24, 2.45) is 0 Å². The molecular weight excluding hydrogens is 311 g/mol. The molecule has 104 valence electrons. The van der Waals surface area contributed by atoms with Gasteiger partial charge in [0.15, 0.2) is 0 Å². The zero-order valence-electron chi connectivity index (χ0n) is 10.5. The number of rotatable bonds is 2. The molecule has 0 spiro atoms. The topological polar surface area (TPSA) is 63.1 Å². The number of aromatic nitrogens is 2. The van der Waals surface area contributed by atoms with Crippen molar-refractivity contribution in [3.63, 3.8) is 0 Å². The molecule has 0 saturated heterocycles. The van der Waals surface area contributed by atoms with E-state index >= 15 is 0 Å². The summed E-state index contributed by atoms with van der Waals surface area (Å²) in [6.07, 6.45) is 3.24. The van der Waals surface area contributed by atoms with Crippen LogP contribution in [0.3, 0.4) is 0 Å². The molecule has 1 aromatic carbocycles. The van der Waals surface area contributed by atoms with Gasteiger partial charge >= 0.3 is 5.97 Å². The number of carbonyl (C=O) groups is 1. The van der Waals surface area contributed by atoms with Gasteiger partial charge in [-0.05, 0) is 30.3 Å². The average Bonchev–Trinajstić information content (AvgIpc) is 2.51. The Morgan fingerprint density at radius 2 is 1.90 bits per heavy atom. The number of halogens is 2. The van der Waals surface area contributed by atoms with Gasteiger partial charge in [-0.2, -0.15) is 0 Å². The summed E-state index contributed by atoms with van der Waals surface area (Å²) in [5, 5.41) is 10.4. The predicted molar refractivity (Wildman–Crippen MR) is 82.0 cm³/mol. The van der Waals surface area contributed by atoms with Crippen molar-refractivity contribution in [3.05, 3.63) is 58.3 Å². The molecule has 2 aromatic heterocycles. The Labute approximate surface area is 130 Å². The molecule has 0 bridgehead atoms. The summed E-state index contributed by atoms with van der Waals surface area (Å²) < 4.78 is 0. The van der Waals surface area contributed by atoms with Crippen LogP contribution in [0.2, 0.25) is 10.0 Å². The smallest absolute Gasteiger partial charge is 0.336 e. The summed E-state index contributed by atoms with van der Waals surface area (Å²) in [6.45, 7) is 0. The molecule has 21 heavy (non-hydrogen) atoms. The van der Waals surface area contributed by atoms with Crippen LogP contribution in [0.25, 0.3) is 22.2 Å². The van der Waals surface area contributed by atoms with Crippen LogP contribution in [0.4, 0.5) is 0 Å². The fraction of sp³-hybridized carbons (Fsp3) is 0.